The van der Waals surface area contributed by atoms with Crippen LogP contribution in [-0.4, -0.2) is 16.2 Å². The lowest BCUT2D eigenvalue weighted by Crippen LogP contribution is -2.15. The van der Waals surface area contributed by atoms with Crippen LogP contribution in [0.1, 0.15) is 18.7 Å². The zero-order valence-electron chi connectivity index (χ0n) is 10.4. The van der Waals surface area contributed by atoms with Gasteiger partial charge < -0.3 is 9.73 Å². The van der Waals surface area contributed by atoms with E-state index in [0.29, 0.717) is 6.04 Å². The molecule has 1 aromatic carbocycles. The predicted molar refractivity (Wildman–Crippen MR) is 59.4 cm³/mol. The van der Waals surface area contributed by atoms with Gasteiger partial charge in [-0.25, -0.2) is 22.0 Å². The third kappa shape index (κ3) is 2.48. The number of benzene rings is 1. The normalized spacial score (nSPS) is 14.7. The minimum atomic E-state index is -2.23. The summed E-state index contributed by atoms with van der Waals surface area (Å²) in [5, 5.41) is 9.84. The Balaban J connectivity index is 1.96. The molecule has 0 saturated heterocycles. The Morgan fingerprint density at radius 3 is 2.05 bits per heavy atom. The molecule has 0 amide bonds. The van der Waals surface area contributed by atoms with Crippen molar-refractivity contribution in [2.75, 3.05) is 0 Å². The Morgan fingerprint density at radius 2 is 1.48 bits per heavy atom. The Morgan fingerprint density at radius 1 is 0.905 bits per heavy atom. The standard InChI is InChI=1S/C12H8F5N3O/c13-7-6(8(14)10(16)11(17)9(7)15)12-20-19-5(21-12)3-18-4-1-2-4/h4,18H,1-3H2. The highest BCUT2D eigenvalue weighted by Crippen LogP contribution is 2.30. The van der Waals surface area contributed by atoms with E-state index in [9.17, 15) is 22.0 Å². The van der Waals surface area contributed by atoms with Gasteiger partial charge in [0.1, 0.15) is 5.56 Å². The fourth-order valence-electron chi connectivity index (χ4n) is 1.74. The zero-order chi connectivity index (χ0) is 15.1. The molecule has 0 aliphatic heterocycles. The number of aromatic nitrogens is 2. The molecular formula is C12H8F5N3O. The van der Waals surface area contributed by atoms with Crippen LogP contribution in [0.2, 0.25) is 0 Å². The smallest absolute Gasteiger partial charge is 0.253 e. The highest BCUT2D eigenvalue weighted by Gasteiger charge is 2.30. The average molecular weight is 305 g/mol. The van der Waals surface area contributed by atoms with Crippen molar-refractivity contribution in [3.8, 4) is 11.5 Å². The summed E-state index contributed by atoms with van der Waals surface area (Å²) in [4.78, 5) is 0. The lowest BCUT2D eigenvalue weighted by atomic mass is 10.1. The fourth-order valence-corrected chi connectivity index (χ4v) is 1.74. The highest BCUT2D eigenvalue weighted by atomic mass is 19.2. The van der Waals surface area contributed by atoms with Crippen molar-refractivity contribution in [3.05, 3.63) is 35.0 Å². The Kier molecular flexibility index (Phi) is 3.36. The van der Waals surface area contributed by atoms with Crippen LogP contribution in [0.4, 0.5) is 22.0 Å². The van der Waals surface area contributed by atoms with Crippen molar-refractivity contribution in [2.45, 2.75) is 25.4 Å². The van der Waals surface area contributed by atoms with E-state index >= 15 is 0 Å². The lowest BCUT2D eigenvalue weighted by Gasteiger charge is -2.04. The molecule has 21 heavy (non-hydrogen) atoms. The van der Waals surface area contributed by atoms with Crippen LogP contribution in [0.3, 0.4) is 0 Å². The monoisotopic (exact) mass is 305 g/mol. The zero-order valence-corrected chi connectivity index (χ0v) is 10.4. The van der Waals surface area contributed by atoms with Crippen LogP contribution in [0.25, 0.3) is 11.5 Å². The van der Waals surface area contributed by atoms with Crippen LogP contribution in [0.15, 0.2) is 4.42 Å². The molecular weight excluding hydrogens is 297 g/mol. The molecule has 1 aliphatic rings. The molecule has 1 heterocycles. The van der Waals surface area contributed by atoms with E-state index in [1.165, 1.54) is 0 Å². The van der Waals surface area contributed by atoms with Crippen molar-refractivity contribution in [2.24, 2.45) is 0 Å². The quantitative estimate of drug-likeness (QED) is 0.536. The lowest BCUT2D eigenvalue weighted by molar-refractivity contribution is 0.377. The average Bonchev–Trinajstić information content (AvgIpc) is 3.20. The highest BCUT2D eigenvalue weighted by molar-refractivity contribution is 5.55. The second kappa shape index (κ2) is 5.06. The number of hydrogen-bond acceptors (Lipinski definition) is 4. The molecule has 0 bridgehead atoms. The van der Waals surface area contributed by atoms with Gasteiger partial charge in [-0.15, -0.1) is 10.2 Å². The summed E-state index contributed by atoms with van der Waals surface area (Å²) in [6, 6.07) is 0.328. The van der Waals surface area contributed by atoms with Gasteiger partial charge in [-0.05, 0) is 12.8 Å². The van der Waals surface area contributed by atoms with Crippen LogP contribution >= 0.6 is 0 Å². The summed E-state index contributed by atoms with van der Waals surface area (Å²) in [5.41, 5.74) is -1.23. The largest absolute Gasteiger partial charge is 0.419 e. The summed E-state index contributed by atoms with van der Waals surface area (Å²) in [6.07, 6.45) is 2.00. The minimum absolute atomic E-state index is 0.000779. The van der Waals surface area contributed by atoms with Gasteiger partial charge in [0.05, 0.1) is 6.54 Å². The summed E-state index contributed by atoms with van der Waals surface area (Å²) in [7, 11) is 0. The Labute approximate surface area is 115 Å². The number of halogens is 5. The summed E-state index contributed by atoms with van der Waals surface area (Å²) < 4.78 is 71.2. The molecule has 9 heteroatoms. The second-order valence-corrected chi connectivity index (χ2v) is 4.60. The molecule has 0 atom stereocenters. The van der Waals surface area contributed by atoms with E-state index in [1.807, 2.05) is 0 Å². The first-order valence-corrected chi connectivity index (χ1v) is 6.06. The van der Waals surface area contributed by atoms with Gasteiger partial charge in [0, 0.05) is 6.04 Å². The van der Waals surface area contributed by atoms with Gasteiger partial charge in [0.15, 0.2) is 23.3 Å². The number of nitrogens with one attached hydrogen (secondary N) is 1. The molecule has 0 spiro atoms. The minimum Gasteiger partial charge on any atom is -0.419 e. The van der Waals surface area contributed by atoms with Gasteiger partial charge in [0.25, 0.3) is 5.89 Å². The SMILES string of the molecule is Fc1c(F)c(F)c(-c2nnc(CNC3CC3)o2)c(F)c1F. The molecule has 0 radical (unpaired) electrons. The molecule has 112 valence electrons. The second-order valence-electron chi connectivity index (χ2n) is 4.60. The molecule has 1 aliphatic carbocycles. The summed E-state index contributed by atoms with van der Waals surface area (Å²) >= 11 is 0. The molecule has 1 aromatic heterocycles. The molecule has 0 unspecified atom stereocenters. The first-order valence-electron chi connectivity index (χ1n) is 6.06. The van der Waals surface area contributed by atoms with Gasteiger partial charge in [0.2, 0.25) is 11.7 Å². The first kappa shape index (κ1) is 13.9. The maximum atomic E-state index is 13.6. The van der Waals surface area contributed by atoms with Crippen LogP contribution in [0.5, 0.6) is 0 Å². The van der Waals surface area contributed by atoms with Crippen molar-refractivity contribution < 1.29 is 26.4 Å². The van der Waals surface area contributed by atoms with Crippen LogP contribution in [-0.2, 0) is 6.54 Å². The van der Waals surface area contributed by atoms with Gasteiger partial charge in [-0.3, -0.25) is 0 Å². The van der Waals surface area contributed by atoms with Gasteiger partial charge in [-0.2, -0.15) is 0 Å². The third-order valence-corrected chi connectivity index (χ3v) is 3.01. The Bertz CT molecular complexity index is 669. The van der Waals surface area contributed by atoms with E-state index in [-0.39, 0.29) is 12.4 Å². The molecule has 2 aromatic rings. The van der Waals surface area contributed by atoms with Gasteiger partial charge in [-0.1, -0.05) is 0 Å². The van der Waals surface area contributed by atoms with E-state index in [4.69, 9.17) is 4.42 Å². The van der Waals surface area contributed by atoms with Crippen LogP contribution in [0, 0.1) is 29.1 Å². The molecule has 1 saturated carbocycles. The third-order valence-electron chi connectivity index (χ3n) is 3.01. The maximum Gasteiger partial charge on any atom is 0.253 e. The van der Waals surface area contributed by atoms with Crippen molar-refractivity contribution in [1.29, 1.82) is 0 Å². The van der Waals surface area contributed by atoms with Gasteiger partial charge >= 0.3 is 0 Å². The van der Waals surface area contributed by atoms with Crippen molar-refractivity contribution >= 4 is 0 Å². The van der Waals surface area contributed by atoms with Crippen molar-refractivity contribution in [1.82, 2.24) is 15.5 Å². The number of hydrogen-bond donors (Lipinski definition) is 1. The van der Waals surface area contributed by atoms with E-state index < -0.39 is 40.5 Å². The van der Waals surface area contributed by atoms with E-state index in [2.05, 4.69) is 15.5 Å². The van der Waals surface area contributed by atoms with E-state index in [1.54, 1.807) is 0 Å². The maximum absolute atomic E-state index is 13.6. The number of rotatable bonds is 4. The number of nitrogens with zero attached hydrogens (tertiary/aromatic N) is 2. The molecule has 1 N–H and O–H groups in total. The van der Waals surface area contributed by atoms with E-state index in [0.717, 1.165) is 12.8 Å². The Hall–Kier alpha value is -2.03. The fraction of sp³-hybridized carbons (Fsp3) is 0.333. The molecule has 4 nitrogen and oxygen atoms in total. The summed E-state index contributed by atoms with van der Waals surface area (Å²) in [5.74, 6) is -11.1. The summed E-state index contributed by atoms with van der Waals surface area (Å²) in [6.45, 7) is 0.160. The first-order chi connectivity index (χ1) is 9.99. The molecule has 3 rings (SSSR count). The molecule has 1 fully saturated rings. The topological polar surface area (TPSA) is 51.0 Å². The van der Waals surface area contributed by atoms with Crippen LogP contribution < -0.4 is 5.32 Å². The van der Waals surface area contributed by atoms with Crippen molar-refractivity contribution in [3.63, 3.8) is 0 Å². The predicted octanol–water partition coefficient (Wildman–Crippen LogP) is 2.68.